The molecular weight excluding hydrogens is 230 g/mol. The van der Waals surface area contributed by atoms with E-state index in [1.165, 1.54) is 34.2 Å². The van der Waals surface area contributed by atoms with Gasteiger partial charge in [-0.15, -0.1) is 0 Å². The Hall–Kier alpha value is -1.60. The topological polar surface area (TPSA) is 12.0 Å². The molecule has 2 aromatic rings. The largest absolute Gasteiger partial charge is 0.313 e. The maximum absolute atomic E-state index is 3.43. The van der Waals surface area contributed by atoms with Crippen LogP contribution in [-0.2, 0) is 6.54 Å². The van der Waals surface area contributed by atoms with Gasteiger partial charge < -0.3 is 5.32 Å². The van der Waals surface area contributed by atoms with Gasteiger partial charge in [0.25, 0.3) is 0 Å². The van der Waals surface area contributed by atoms with E-state index in [9.17, 15) is 0 Å². The van der Waals surface area contributed by atoms with Crippen LogP contribution in [0.2, 0.25) is 0 Å². The lowest BCUT2D eigenvalue weighted by molar-refractivity contribution is 0.675. The first-order valence-corrected chi connectivity index (χ1v) is 7.08. The Bertz CT molecular complexity index is 526. The molecule has 0 saturated heterocycles. The minimum Gasteiger partial charge on any atom is -0.313 e. The van der Waals surface area contributed by atoms with E-state index in [2.05, 4.69) is 68.6 Å². The molecule has 1 nitrogen and oxygen atoms in total. The molecule has 0 fully saturated rings. The standard InChI is InChI=1S/C18H23N/c1-4-11-19-13-16-7-9-17(10-8-16)18-12-14(2)5-6-15(18)3/h5-10,12,19H,4,11,13H2,1-3H3. The average molecular weight is 253 g/mol. The molecule has 0 unspecified atom stereocenters. The smallest absolute Gasteiger partial charge is 0.0205 e. The SMILES string of the molecule is CCCNCc1ccc(-c2cc(C)ccc2C)cc1. The minimum absolute atomic E-state index is 0.959. The van der Waals surface area contributed by atoms with Crippen molar-refractivity contribution in [1.82, 2.24) is 5.32 Å². The zero-order valence-electron chi connectivity index (χ0n) is 12.2. The van der Waals surface area contributed by atoms with E-state index in [4.69, 9.17) is 0 Å². The molecule has 0 aliphatic rings. The minimum atomic E-state index is 0.959. The average Bonchev–Trinajstić information content (AvgIpc) is 2.43. The Balaban J connectivity index is 2.15. The summed E-state index contributed by atoms with van der Waals surface area (Å²) in [6, 6.07) is 15.5. The second kappa shape index (κ2) is 6.53. The first kappa shape index (κ1) is 13.8. The highest BCUT2D eigenvalue weighted by molar-refractivity contribution is 5.68. The van der Waals surface area contributed by atoms with Crippen LogP contribution in [0.15, 0.2) is 42.5 Å². The Morgan fingerprint density at radius 3 is 2.37 bits per heavy atom. The molecule has 19 heavy (non-hydrogen) atoms. The number of nitrogens with one attached hydrogen (secondary N) is 1. The van der Waals surface area contributed by atoms with Gasteiger partial charge in [0, 0.05) is 6.54 Å². The van der Waals surface area contributed by atoms with Gasteiger partial charge >= 0.3 is 0 Å². The fourth-order valence-corrected chi connectivity index (χ4v) is 2.26. The van der Waals surface area contributed by atoms with Gasteiger partial charge in [-0.2, -0.15) is 0 Å². The van der Waals surface area contributed by atoms with Gasteiger partial charge in [-0.1, -0.05) is 55.0 Å². The molecular formula is C18H23N. The zero-order chi connectivity index (χ0) is 13.7. The zero-order valence-corrected chi connectivity index (χ0v) is 12.2. The van der Waals surface area contributed by atoms with E-state index in [0.717, 1.165) is 13.1 Å². The van der Waals surface area contributed by atoms with E-state index in [1.807, 2.05) is 0 Å². The van der Waals surface area contributed by atoms with E-state index >= 15 is 0 Å². The fraction of sp³-hybridized carbons (Fsp3) is 0.333. The van der Waals surface area contributed by atoms with Gasteiger partial charge in [-0.05, 0) is 49.1 Å². The van der Waals surface area contributed by atoms with Crippen molar-refractivity contribution in [2.75, 3.05) is 6.54 Å². The highest BCUT2D eigenvalue weighted by Crippen LogP contribution is 2.24. The van der Waals surface area contributed by atoms with Crippen molar-refractivity contribution in [3.63, 3.8) is 0 Å². The molecule has 0 amide bonds. The molecule has 0 spiro atoms. The lowest BCUT2D eigenvalue weighted by Crippen LogP contribution is -2.13. The second-order valence-electron chi connectivity index (χ2n) is 5.19. The Labute approximate surface area is 116 Å². The molecule has 0 aliphatic heterocycles. The molecule has 2 aromatic carbocycles. The monoisotopic (exact) mass is 253 g/mol. The summed E-state index contributed by atoms with van der Waals surface area (Å²) >= 11 is 0. The first-order valence-electron chi connectivity index (χ1n) is 7.08. The van der Waals surface area contributed by atoms with Crippen molar-refractivity contribution in [3.05, 3.63) is 59.2 Å². The second-order valence-corrected chi connectivity index (χ2v) is 5.19. The van der Waals surface area contributed by atoms with Crippen molar-refractivity contribution in [3.8, 4) is 11.1 Å². The van der Waals surface area contributed by atoms with Gasteiger partial charge in [-0.3, -0.25) is 0 Å². The molecule has 1 N–H and O–H groups in total. The predicted octanol–water partition coefficient (Wildman–Crippen LogP) is 4.47. The molecule has 0 atom stereocenters. The van der Waals surface area contributed by atoms with Crippen molar-refractivity contribution >= 4 is 0 Å². The molecule has 0 radical (unpaired) electrons. The Morgan fingerprint density at radius 2 is 1.68 bits per heavy atom. The molecule has 0 bridgehead atoms. The number of hydrogen-bond donors (Lipinski definition) is 1. The summed E-state index contributed by atoms with van der Waals surface area (Å²) in [5, 5.41) is 3.43. The van der Waals surface area contributed by atoms with Crippen molar-refractivity contribution in [2.45, 2.75) is 33.7 Å². The van der Waals surface area contributed by atoms with Crippen molar-refractivity contribution in [1.29, 1.82) is 0 Å². The highest BCUT2D eigenvalue weighted by Gasteiger charge is 2.02. The first-order chi connectivity index (χ1) is 9.20. The summed E-state index contributed by atoms with van der Waals surface area (Å²) in [7, 11) is 0. The number of benzene rings is 2. The van der Waals surface area contributed by atoms with Crippen molar-refractivity contribution < 1.29 is 0 Å². The third-order valence-electron chi connectivity index (χ3n) is 3.41. The Morgan fingerprint density at radius 1 is 0.947 bits per heavy atom. The predicted molar refractivity (Wildman–Crippen MR) is 83.3 cm³/mol. The number of hydrogen-bond acceptors (Lipinski definition) is 1. The van der Waals surface area contributed by atoms with E-state index in [1.54, 1.807) is 0 Å². The molecule has 0 aliphatic carbocycles. The number of aryl methyl sites for hydroxylation is 2. The summed E-state index contributed by atoms with van der Waals surface area (Å²) in [5.41, 5.74) is 6.65. The van der Waals surface area contributed by atoms with Crippen LogP contribution in [0, 0.1) is 13.8 Å². The van der Waals surface area contributed by atoms with Crippen LogP contribution in [-0.4, -0.2) is 6.54 Å². The lowest BCUT2D eigenvalue weighted by Gasteiger charge is -2.09. The fourth-order valence-electron chi connectivity index (χ4n) is 2.26. The van der Waals surface area contributed by atoms with Crippen molar-refractivity contribution in [2.24, 2.45) is 0 Å². The summed E-state index contributed by atoms with van der Waals surface area (Å²) in [6.07, 6.45) is 1.18. The summed E-state index contributed by atoms with van der Waals surface area (Å²) in [5.74, 6) is 0. The van der Waals surface area contributed by atoms with E-state index in [-0.39, 0.29) is 0 Å². The van der Waals surface area contributed by atoms with Crippen LogP contribution >= 0.6 is 0 Å². The maximum Gasteiger partial charge on any atom is 0.0205 e. The Kier molecular flexibility index (Phi) is 4.75. The van der Waals surface area contributed by atoms with Crippen LogP contribution in [0.4, 0.5) is 0 Å². The quantitative estimate of drug-likeness (QED) is 0.775. The van der Waals surface area contributed by atoms with Crippen LogP contribution in [0.3, 0.4) is 0 Å². The van der Waals surface area contributed by atoms with Crippen LogP contribution < -0.4 is 5.32 Å². The number of rotatable bonds is 5. The molecule has 2 rings (SSSR count). The van der Waals surface area contributed by atoms with Crippen LogP contribution in [0.1, 0.15) is 30.0 Å². The van der Waals surface area contributed by atoms with Gasteiger partial charge in [0.2, 0.25) is 0 Å². The molecule has 0 heterocycles. The van der Waals surface area contributed by atoms with Gasteiger partial charge in [0.05, 0.1) is 0 Å². The molecule has 100 valence electrons. The summed E-state index contributed by atoms with van der Waals surface area (Å²) in [4.78, 5) is 0. The van der Waals surface area contributed by atoms with Gasteiger partial charge in [0.15, 0.2) is 0 Å². The van der Waals surface area contributed by atoms with E-state index in [0.29, 0.717) is 0 Å². The summed E-state index contributed by atoms with van der Waals surface area (Å²) in [6.45, 7) is 8.55. The van der Waals surface area contributed by atoms with Gasteiger partial charge in [0.1, 0.15) is 0 Å². The van der Waals surface area contributed by atoms with Gasteiger partial charge in [-0.25, -0.2) is 0 Å². The molecule has 0 aromatic heterocycles. The highest BCUT2D eigenvalue weighted by atomic mass is 14.8. The molecule has 1 heteroatoms. The normalized spacial score (nSPS) is 10.7. The third kappa shape index (κ3) is 3.68. The van der Waals surface area contributed by atoms with Crippen LogP contribution in [0.25, 0.3) is 11.1 Å². The third-order valence-corrected chi connectivity index (χ3v) is 3.41. The molecule has 0 saturated carbocycles. The lowest BCUT2D eigenvalue weighted by atomic mass is 9.97. The summed E-state index contributed by atoms with van der Waals surface area (Å²) < 4.78 is 0. The maximum atomic E-state index is 3.43. The van der Waals surface area contributed by atoms with Crippen LogP contribution in [0.5, 0.6) is 0 Å². The van der Waals surface area contributed by atoms with E-state index < -0.39 is 0 Å².